The molecule has 1 aromatic rings. The number of ether oxygens (including phenoxy) is 1. The van der Waals surface area contributed by atoms with Crippen molar-refractivity contribution in [3.63, 3.8) is 0 Å². The average Bonchev–Trinajstić information content (AvgIpc) is 2.26. The van der Waals surface area contributed by atoms with E-state index >= 15 is 0 Å². The van der Waals surface area contributed by atoms with Gasteiger partial charge in [-0.1, -0.05) is 35.9 Å². The second-order valence-corrected chi connectivity index (χ2v) is 3.18. The van der Waals surface area contributed by atoms with Crippen molar-refractivity contribution in [1.82, 2.24) is 5.32 Å². The standard InChI is InChI=1S/C11H12ClNO2/c1-13-11(14)15-8-4-6-9-5-2-3-7-10(9)12/h2-7H,8H2,1H3,(H,13,14). The highest BCUT2D eigenvalue weighted by molar-refractivity contribution is 6.32. The molecule has 0 spiro atoms. The van der Waals surface area contributed by atoms with Gasteiger partial charge in [-0.25, -0.2) is 4.79 Å². The van der Waals surface area contributed by atoms with Crippen LogP contribution in [0.3, 0.4) is 0 Å². The first kappa shape index (κ1) is 11.6. The zero-order valence-corrected chi connectivity index (χ0v) is 9.12. The minimum atomic E-state index is -0.446. The van der Waals surface area contributed by atoms with Gasteiger partial charge in [-0.2, -0.15) is 0 Å². The van der Waals surface area contributed by atoms with E-state index in [4.69, 9.17) is 16.3 Å². The Bertz CT molecular complexity index is 363. The van der Waals surface area contributed by atoms with Crippen molar-refractivity contribution in [1.29, 1.82) is 0 Å². The third kappa shape index (κ3) is 4.04. The van der Waals surface area contributed by atoms with Crippen molar-refractivity contribution < 1.29 is 9.53 Å². The lowest BCUT2D eigenvalue weighted by molar-refractivity contribution is 0.161. The zero-order valence-electron chi connectivity index (χ0n) is 8.37. The van der Waals surface area contributed by atoms with Crippen molar-refractivity contribution in [2.45, 2.75) is 0 Å². The zero-order chi connectivity index (χ0) is 11.1. The largest absolute Gasteiger partial charge is 0.445 e. The molecule has 0 aliphatic rings. The van der Waals surface area contributed by atoms with E-state index in [1.807, 2.05) is 24.3 Å². The molecule has 15 heavy (non-hydrogen) atoms. The van der Waals surface area contributed by atoms with E-state index in [1.165, 1.54) is 7.05 Å². The van der Waals surface area contributed by atoms with E-state index in [1.54, 1.807) is 12.1 Å². The van der Waals surface area contributed by atoms with E-state index in [-0.39, 0.29) is 6.61 Å². The molecule has 0 fully saturated rings. The van der Waals surface area contributed by atoms with Crippen LogP contribution in [-0.2, 0) is 4.74 Å². The summed E-state index contributed by atoms with van der Waals surface area (Å²) in [5, 5.41) is 3.03. The number of carbonyl (C=O) groups excluding carboxylic acids is 1. The maximum absolute atomic E-state index is 10.7. The lowest BCUT2D eigenvalue weighted by atomic mass is 10.2. The molecule has 1 N–H and O–H groups in total. The van der Waals surface area contributed by atoms with Crippen LogP contribution in [0.15, 0.2) is 30.3 Å². The third-order valence-corrected chi connectivity index (χ3v) is 2.06. The molecule has 1 amide bonds. The average molecular weight is 226 g/mol. The number of hydrogen-bond acceptors (Lipinski definition) is 2. The quantitative estimate of drug-likeness (QED) is 0.859. The summed E-state index contributed by atoms with van der Waals surface area (Å²) >= 11 is 5.92. The first-order valence-electron chi connectivity index (χ1n) is 4.49. The molecule has 1 rings (SSSR count). The topological polar surface area (TPSA) is 38.3 Å². The van der Waals surface area contributed by atoms with Gasteiger partial charge in [0.15, 0.2) is 0 Å². The van der Waals surface area contributed by atoms with Crippen LogP contribution < -0.4 is 5.32 Å². The lowest BCUT2D eigenvalue weighted by Gasteiger charge is -1.99. The fourth-order valence-electron chi connectivity index (χ4n) is 0.981. The van der Waals surface area contributed by atoms with Crippen molar-refractivity contribution in [2.75, 3.05) is 13.7 Å². The van der Waals surface area contributed by atoms with Crippen LogP contribution in [0.4, 0.5) is 4.79 Å². The molecule has 0 atom stereocenters. The van der Waals surface area contributed by atoms with Crippen molar-refractivity contribution >= 4 is 23.8 Å². The Hall–Kier alpha value is -1.48. The fourth-order valence-corrected chi connectivity index (χ4v) is 1.18. The number of rotatable bonds is 3. The number of hydrogen-bond donors (Lipinski definition) is 1. The third-order valence-electron chi connectivity index (χ3n) is 1.72. The molecule has 0 aromatic heterocycles. The molecule has 4 heteroatoms. The van der Waals surface area contributed by atoms with Crippen molar-refractivity contribution in [3.8, 4) is 0 Å². The summed E-state index contributed by atoms with van der Waals surface area (Å²) in [7, 11) is 1.51. The molecule has 0 aliphatic carbocycles. The maximum atomic E-state index is 10.7. The fraction of sp³-hybridized carbons (Fsp3) is 0.182. The van der Waals surface area contributed by atoms with Crippen LogP contribution in [0.1, 0.15) is 5.56 Å². The minimum Gasteiger partial charge on any atom is -0.445 e. The summed E-state index contributed by atoms with van der Waals surface area (Å²) in [6, 6.07) is 7.45. The van der Waals surface area contributed by atoms with Gasteiger partial charge in [0.05, 0.1) is 0 Å². The molecule has 0 heterocycles. The lowest BCUT2D eigenvalue weighted by Crippen LogP contribution is -2.18. The van der Waals surface area contributed by atoms with Gasteiger partial charge in [0.1, 0.15) is 6.61 Å². The number of amides is 1. The summed E-state index contributed by atoms with van der Waals surface area (Å²) in [6.45, 7) is 0.227. The molecular weight excluding hydrogens is 214 g/mol. The molecule has 0 aliphatic heterocycles. The van der Waals surface area contributed by atoms with E-state index in [9.17, 15) is 4.79 Å². The first-order chi connectivity index (χ1) is 7.24. The van der Waals surface area contributed by atoms with Crippen LogP contribution in [0, 0.1) is 0 Å². The maximum Gasteiger partial charge on any atom is 0.407 e. The van der Waals surface area contributed by atoms with Crippen LogP contribution in [-0.4, -0.2) is 19.7 Å². The molecule has 1 aromatic carbocycles. The van der Waals surface area contributed by atoms with Gasteiger partial charge in [0, 0.05) is 12.1 Å². The minimum absolute atomic E-state index is 0.227. The van der Waals surface area contributed by atoms with Gasteiger partial charge in [0.25, 0.3) is 0 Å². The van der Waals surface area contributed by atoms with Crippen LogP contribution in [0.5, 0.6) is 0 Å². The SMILES string of the molecule is CNC(=O)OCC=Cc1ccccc1Cl. The van der Waals surface area contributed by atoms with E-state index in [0.29, 0.717) is 5.02 Å². The molecule has 0 radical (unpaired) electrons. The molecular formula is C11H12ClNO2. The van der Waals surface area contributed by atoms with Crippen LogP contribution >= 0.6 is 11.6 Å². The van der Waals surface area contributed by atoms with Gasteiger partial charge in [0.2, 0.25) is 0 Å². The summed E-state index contributed by atoms with van der Waals surface area (Å²) in [4.78, 5) is 10.7. The predicted octanol–water partition coefficient (Wildman–Crippen LogP) is 2.71. The van der Waals surface area contributed by atoms with E-state index in [2.05, 4.69) is 5.32 Å². The Morgan fingerprint density at radius 3 is 2.93 bits per heavy atom. The molecule has 80 valence electrons. The summed E-state index contributed by atoms with van der Waals surface area (Å²) in [5.41, 5.74) is 0.902. The Morgan fingerprint density at radius 1 is 1.53 bits per heavy atom. The van der Waals surface area contributed by atoms with Crippen LogP contribution in [0.25, 0.3) is 6.08 Å². The molecule has 3 nitrogen and oxygen atoms in total. The van der Waals surface area contributed by atoms with Crippen molar-refractivity contribution in [2.24, 2.45) is 0 Å². The highest BCUT2D eigenvalue weighted by Crippen LogP contribution is 2.15. The number of nitrogens with one attached hydrogen (secondary N) is 1. The predicted molar refractivity (Wildman–Crippen MR) is 60.9 cm³/mol. The second-order valence-electron chi connectivity index (χ2n) is 2.77. The Kier molecular flexibility index (Phi) is 4.71. The Morgan fingerprint density at radius 2 is 2.27 bits per heavy atom. The van der Waals surface area contributed by atoms with Crippen molar-refractivity contribution in [3.05, 3.63) is 40.9 Å². The molecule has 0 saturated heterocycles. The van der Waals surface area contributed by atoms with E-state index in [0.717, 1.165) is 5.56 Å². The number of benzene rings is 1. The molecule has 0 bridgehead atoms. The van der Waals surface area contributed by atoms with Gasteiger partial charge < -0.3 is 10.1 Å². The van der Waals surface area contributed by atoms with Gasteiger partial charge in [-0.3, -0.25) is 0 Å². The summed E-state index contributed by atoms with van der Waals surface area (Å²) in [6.07, 6.45) is 3.10. The van der Waals surface area contributed by atoms with Gasteiger partial charge in [-0.05, 0) is 17.7 Å². The van der Waals surface area contributed by atoms with E-state index < -0.39 is 6.09 Å². The number of carbonyl (C=O) groups is 1. The smallest absolute Gasteiger partial charge is 0.407 e. The Balaban J connectivity index is 2.45. The molecule has 0 unspecified atom stereocenters. The van der Waals surface area contributed by atoms with Gasteiger partial charge in [-0.15, -0.1) is 0 Å². The Labute approximate surface area is 93.7 Å². The summed E-state index contributed by atoms with van der Waals surface area (Å²) in [5.74, 6) is 0. The second kappa shape index (κ2) is 6.09. The monoisotopic (exact) mass is 225 g/mol. The highest BCUT2D eigenvalue weighted by Gasteiger charge is 1.95. The normalized spacial score (nSPS) is 10.3. The van der Waals surface area contributed by atoms with Gasteiger partial charge >= 0.3 is 6.09 Å². The first-order valence-corrected chi connectivity index (χ1v) is 4.87. The molecule has 0 saturated carbocycles. The summed E-state index contributed by atoms with van der Waals surface area (Å²) < 4.78 is 4.77. The number of halogens is 1. The van der Waals surface area contributed by atoms with Crippen LogP contribution in [0.2, 0.25) is 5.02 Å². The highest BCUT2D eigenvalue weighted by atomic mass is 35.5. The number of alkyl carbamates (subject to hydrolysis) is 1.